The van der Waals surface area contributed by atoms with Crippen LogP contribution in [0.3, 0.4) is 0 Å². The number of pyridine rings is 1. The molecule has 1 aliphatic rings. The van der Waals surface area contributed by atoms with Gasteiger partial charge in [0.05, 0.1) is 22.5 Å². The van der Waals surface area contributed by atoms with Crippen molar-refractivity contribution in [3.05, 3.63) is 63.6 Å². The normalized spacial score (nSPS) is 16.4. The Kier molecular flexibility index (Phi) is 5.17. The maximum atomic E-state index is 14.6. The van der Waals surface area contributed by atoms with Crippen molar-refractivity contribution in [2.24, 2.45) is 0 Å². The van der Waals surface area contributed by atoms with Crippen molar-refractivity contribution in [2.75, 3.05) is 5.32 Å². The molecule has 5 nitrogen and oxygen atoms in total. The van der Waals surface area contributed by atoms with Crippen molar-refractivity contribution in [1.29, 1.82) is 0 Å². The molecule has 32 heavy (non-hydrogen) atoms. The molecule has 4 rings (SSSR count). The first-order chi connectivity index (χ1) is 14.9. The average molecular weight is 456 g/mol. The van der Waals surface area contributed by atoms with Gasteiger partial charge in [-0.1, -0.05) is 18.2 Å². The van der Waals surface area contributed by atoms with Crippen molar-refractivity contribution >= 4 is 16.7 Å². The molecule has 1 unspecified atom stereocenters. The van der Waals surface area contributed by atoms with Gasteiger partial charge in [0.1, 0.15) is 23.0 Å². The number of aryl methyl sites for hydroxylation is 1. The van der Waals surface area contributed by atoms with Crippen LogP contribution in [-0.4, -0.2) is 20.7 Å². The molecule has 0 radical (unpaired) electrons. The Labute approximate surface area is 178 Å². The van der Waals surface area contributed by atoms with Crippen LogP contribution in [0.2, 0.25) is 0 Å². The van der Waals surface area contributed by atoms with E-state index in [1.807, 2.05) is 0 Å². The van der Waals surface area contributed by atoms with Gasteiger partial charge in [-0.05, 0) is 26.7 Å². The summed E-state index contributed by atoms with van der Waals surface area (Å²) in [4.78, 5) is 20.8. The van der Waals surface area contributed by atoms with Gasteiger partial charge in [-0.2, -0.15) is 13.2 Å². The first-order valence-electron chi connectivity index (χ1n) is 9.76. The maximum absolute atomic E-state index is 14.6. The topological polar surface area (TPSA) is 59.8 Å². The van der Waals surface area contributed by atoms with Crippen LogP contribution in [0.5, 0.6) is 0 Å². The van der Waals surface area contributed by atoms with Gasteiger partial charge in [-0.25, -0.2) is 23.1 Å². The molecule has 2 heterocycles. The highest BCUT2D eigenvalue weighted by atomic mass is 19.4. The molecule has 1 fully saturated rings. The van der Waals surface area contributed by atoms with Crippen LogP contribution >= 0.6 is 0 Å². The summed E-state index contributed by atoms with van der Waals surface area (Å²) in [6.07, 6.45) is -7.01. The molecule has 1 aliphatic carbocycles. The number of hydrogen-bond donors (Lipinski definition) is 1. The van der Waals surface area contributed by atoms with E-state index in [0.29, 0.717) is 4.57 Å². The third-order valence-electron chi connectivity index (χ3n) is 5.67. The molecule has 1 saturated carbocycles. The van der Waals surface area contributed by atoms with E-state index in [0.717, 1.165) is 18.3 Å². The highest BCUT2D eigenvalue weighted by molar-refractivity contribution is 5.88. The summed E-state index contributed by atoms with van der Waals surface area (Å²) >= 11 is 0. The van der Waals surface area contributed by atoms with Crippen LogP contribution in [0.1, 0.15) is 49.2 Å². The van der Waals surface area contributed by atoms with Gasteiger partial charge in [0, 0.05) is 17.8 Å². The Morgan fingerprint density at radius 3 is 2.41 bits per heavy atom. The summed E-state index contributed by atoms with van der Waals surface area (Å²) in [5, 5.41) is 3.00. The highest BCUT2D eigenvalue weighted by Crippen LogP contribution is 2.54. The standard InChI is InChI=1S/C21H18F6N4O/c1-10(12-4-3-5-13(17(12)22)18(23)24)28-19-14-9-31(20(6-7-20)21(25,26)27)16(32)8-15(14)29-11(2)30-19/h3-5,8-10,18H,6-7H2,1-2H3,(H,28,29,30). The second-order valence-electron chi connectivity index (χ2n) is 7.85. The van der Waals surface area contributed by atoms with E-state index in [1.165, 1.54) is 26.0 Å². The molecule has 0 amide bonds. The van der Waals surface area contributed by atoms with E-state index in [-0.39, 0.29) is 41.0 Å². The third-order valence-corrected chi connectivity index (χ3v) is 5.67. The second-order valence-corrected chi connectivity index (χ2v) is 7.85. The second kappa shape index (κ2) is 7.49. The number of fused-ring (bicyclic) bond motifs is 1. The quantitative estimate of drug-likeness (QED) is 0.523. The number of alkyl halides is 5. The number of aromatic nitrogens is 3. The summed E-state index contributed by atoms with van der Waals surface area (Å²) in [7, 11) is 0. The van der Waals surface area contributed by atoms with Crippen LogP contribution < -0.4 is 10.9 Å². The average Bonchev–Trinajstić information content (AvgIpc) is 3.49. The van der Waals surface area contributed by atoms with E-state index in [9.17, 15) is 31.1 Å². The molecule has 1 atom stereocenters. The third kappa shape index (κ3) is 3.59. The van der Waals surface area contributed by atoms with E-state index in [2.05, 4.69) is 15.3 Å². The summed E-state index contributed by atoms with van der Waals surface area (Å²) in [5.74, 6) is -0.791. The fourth-order valence-electron chi connectivity index (χ4n) is 3.80. The van der Waals surface area contributed by atoms with Crippen LogP contribution in [0.25, 0.3) is 10.9 Å². The SMILES string of the molecule is Cc1nc(NC(C)c2cccc(C(F)F)c2F)c2cn(C3(C(F)(F)F)CC3)c(=O)cc2n1. The minimum absolute atomic E-state index is 0.0607. The Morgan fingerprint density at radius 2 is 1.81 bits per heavy atom. The molecule has 3 aromatic rings. The molecule has 0 bridgehead atoms. The van der Waals surface area contributed by atoms with Gasteiger partial charge >= 0.3 is 6.18 Å². The van der Waals surface area contributed by atoms with Crippen molar-refractivity contribution < 1.29 is 26.3 Å². The lowest BCUT2D eigenvalue weighted by atomic mass is 10.0. The molecule has 2 aromatic heterocycles. The van der Waals surface area contributed by atoms with Crippen LogP contribution in [0.15, 0.2) is 35.3 Å². The molecule has 1 aromatic carbocycles. The van der Waals surface area contributed by atoms with Gasteiger partial charge in [0.2, 0.25) is 0 Å². The van der Waals surface area contributed by atoms with E-state index >= 15 is 0 Å². The molecule has 11 heteroatoms. The zero-order valence-electron chi connectivity index (χ0n) is 17.0. The summed E-state index contributed by atoms with van der Waals surface area (Å²) in [6.45, 7) is 3.03. The first-order valence-corrected chi connectivity index (χ1v) is 9.76. The zero-order chi connectivity index (χ0) is 23.4. The first kappa shape index (κ1) is 22.1. The molecular weight excluding hydrogens is 438 g/mol. The molecule has 170 valence electrons. The van der Waals surface area contributed by atoms with E-state index in [1.54, 1.807) is 0 Å². The maximum Gasteiger partial charge on any atom is 0.412 e. The van der Waals surface area contributed by atoms with Gasteiger partial charge in [-0.3, -0.25) is 9.36 Å². The molecule has 1 N–H and O–H groups in total. The predicted molar refractivity (Wildman–Crippen MR) is 105 cm³/mol. The lowest BCUT2D eigenvalue weighted by Crippen LogP contribution is -2.41. The van der Waals surface area contributed by atoms with Gasteiger partial charge in [-0.15, -0.1) is 0 Å². The van der Waals surface area contributed by atoms with Crippen molar-refractivity contribution in [2.45, 2.75) is 50.9 Å². The molecule has 0 aliphatic heterocycles. The Morgan fingerprint density at radius 1 is 1.16 bits per heavy atom. The predicted octanol–water partition coefficient (Wildman–Crippen LogP) is 5.40. The van der Waals surface area contributed by atoms with Gasteiger partial charge in [0.15, 0.2) is 0 Å². The summed E-state index contributed by atoms with van der Waals surface area (Å²) in [5.41, 5.74) is -3.82. The number of benzene rings is 1. The summed E-state index contributed by atoms with van der Waals surface area (Å²) < 4.78 is 82.1. The molecule has 0 spiro atoms. The fourth-order valence-corrected chi connectivity index (χ4v) is 3.80. The largest absolute Gasteiger partial charge is 0.412 e. The highest BCUT2D eigenvalue weighted by Gasteiger charge is 2.65. The minimum atomic E-state index is -4.62. The van der Waals surface area contributed by atoms with Crippen molar-refractivity contribution in [3.8, 4) is 0 Å². The van der Waals surface area contributed by atoms with Gasteiger partial charge < -0.3 is 5.32 Å². The number of anilines is 1. The van der Waals surface area contributed by atoms with Crippen molar-refractivity contribution in [1.82, 2.24) is 14.5 Å². The van der Waals surface area contributed by atoms with Crippen LogP contribution in [-0.2, 0) is 5.54 Å². The number of nitrogens with zero attached hydrogens (tertiary/aromatic N) is 3. The molecule has 0 saturated heterocycles. The van der Waals surface area contributed by atoms with E-state index < -0.39 is 41.1 Å². The zero-order valence-corrected chi connectivity index (χ0v) is 17.0. The van der Waals surface area contributed by atoms with Gasteiger partial charge in [0.25, 0.3) is 12.0 Å². The van der Waals surface area contributed by atoms with Crippen LogP contribution in [0, 0.1) is 12.7 Å². The number of nitrogens with one attached hydrogen (secondary N) is 1. The van der Waals surface area contributed by atoms with Crippen LogP contribution in [0.4, 0.5) is 32.2 Å². The molecular formula is C21H18F6N4O. The number of hydrogen-bond acceptors (Lipinski definition) is 4. The van der Waals surface area contributed by atoms with E-state index in [4.69, 9.17) is 0 Å². The fraction of sp³-hybridized carbons (Fsp3) is 0.381. The van der Waals surface area contributed by atoms with Crippen molar-refractivity contribution in [3.63, 3.8) is 0 Å². The minimum Gasteiger partial charge on any atom is -0.363 e. The Balaban J connectivity index is 1.81. The Hall–Kier alpha value is -3.11. The number of rotatable bonds is 5. The lowest BCUT2D eigenvalue weighted by molar-refractivity contribution is -0.180. The Bertz CT molecular complexity index is 1250. The summed E-state index contributed by atoms with van der Waals surface area (Å²) in [6, 6.07) is 3.74. The monoisotopic (exact) mass is 456 g/mol. The smallest absolute Gasteiger partial charge is 0.363 e. The number of halogens is 6. The lowest BCUT2D eigenvalue weighted by Gasteiger charge is -2.23.